The molecule has 5 N–H and O–H groups in total. The number of aliphatic hydroxyl groups is 1. The standard InChI is InChI=1S/C31H36N4O4/c32-29(37)28(24-9-3-1-4-10-24)34-30(38)27-14-8-7-13-26(27)23-17-15-22(16-18-23)21-35(31(39)33-19-20-36)25-11-5-2-6-12-25/h1-6,9-12,15-18,26-28,36H,7-8,13-14,19-21H2,(H2,32,37)(H,33,39)(H,34,38)/t26?,27-,28+/m1/s1. The Kier molecular flexibility index (Phi) is 9.69. The molecular weight excluding hydrogens is 492 g/mol. The SMILES string of the molecule is NC(=O)[C@@H](NC(=O)[C@@H]1CCCCC1c1ccc(CN(C(=O)NCCO)c2ccccc2)cc1)c1ccccc1. The molecule has 3 aromatic carbocycles. The van der Waals surface area contributed by atoms with Crippen LogP contribution in [0.2, 0.25) is 0 Å². The summed E-state index contributed by atoms with van der Waals surface area (Å²) < 4.78 is 0. The molecule has 0 bridgehead atoms. The normalized spacial score (nSPS) is 17.6. The second-order valence-corrected chi connectivity index (χ2v) is 9.87. The van der Waals surface area contributed by atoms with E-state index in [4.69, 9.17) is 10.8 Å². The lowest BCUT2D eigenvalue weighted by atomic mass is 9.74. The number of hydrogen-bond donors (Lipinski definition) is 4. The molecule has 1 unspecified atom stereocenters. The molecule has 1 saturated carbocycles. The Hall–Kier alpha value is -4.17. The van der Waals surface area contributed by atoms with Crippen LogP contribution in [0.1, 0.15) is 54.3 Å². The van der Waals surface area contributed by atoms with Crippen LogP contribution in [-0.4, -0.2) is 36.1 Å². The largest absolute Gasteiger partial charge is 0.395 e. The number of amides is 4. The minimum Gasteiger partial charge on any atom is -0.395 e. The summed E-state index contributed by atoms with van der Waals surface area (Å²) in [5.41, 5.74) is 9.06. The fraction of sp³-hybridized carbons (Fsp3) is 0.323. The van der Waals surface area contributed by atoms with Gasteiger partial charge in [-0.2, -0.15) is 0 Å². The molecule has 39 heavy (non-hydrogen) atoms. The van der Waals surface area contributed by atoms with E-state index >= 15 is 0 Å². The summed E-state index contributed by atoms with van der Waals surface area (Å²) in [5.74, 6) is -0.986. The van der Waals surface area contributed by atoms with E-state index in [0.717, 1.165) is 42.5 Å². The number of primary amides is 1. The Morgan fingerprint density at radius 3 is 2.18 bits per heavy atom. The van der Waals surface area contributed by atoms with Crippen molar-refractivity contribution in [2.45, 2.75) is 44.2 Å². The van der Waals surface area contributed by atoms with Crippen LogP contribution < -0.4 is 21.3 Å². The molecule has 0 radical (unpaired) electrons. The second kappa shape index (κ2) is 13.6. The quantitative estimate of drug-likeness (QED) is 0.317. The summed E-state index contributed by atoms with van der Waals surface area (Å²) in [7, 11) is 0. The van der Waals surface area contributed by atoms with E-state index in [1.54, 1.807) is 17.0 Å². The molecule has 204 valence electrons. The first-order valence-electron chi connectivity index (χ1n) is 13.4. The summed E-state index contributed by atoms with van der Waals surface area (Å²) in [6.45, 7) is 0.394. The van der Waals surface area contributed by atoms with E-state index in [-0.39, 0.29) is 36.9 Å². The van der Waals surface area contributed by atoms with Crippen LogP contribution >= 0.6 is 0 Å². The Labute approximate surface area is 229 Å². The van der Waals surface area contributed by atoms with Gasteiger partial charge in [0.15, 0.2) is 0 Å². The van der Waals surface area contributed by atoms with Gasteiger partial charge < -0.3 is 21.5 Å². The van der Waals surface area contributed by atoms with E-state index in [9.17, 15) is 14.4 Å². The van der Waals surface area contributed by atoms with Crippen LogP contribution in [-0.2, 0) is 16.1 Å². The van der Waals surface area contributed by atoms with E-state index in [0.29, 0.717) is 12.1 Å². The predicted octanol–water partition coefficient (Wildman–Crippen LogP) is 4.01. The van der Waals surface area contributed by atoms with Gasteiger partial charge in [0.25, 0.3) is 0 Å². The van der Waals surface area contributed by atoms with Crippen LogP contribution in [0.4, 0.5) is 10.5 Å². The van der Waals surface area contributed by atoms with Crippen LogP contribution in [0.5, 0.6) is 0 Å². The maximum absolute atomic E-state index is 13.4. The molecule has 0 heterocycles. The highest BCUT2D eigenvalue weighted by atomic mass is 16.3. The highest BCUT2D eigenvalue weighted by molar-refractivity contribution is 5.92. The summed E-state index contributed by atoms with van der Waals surface area (Å²) in [6.07, 6.45) is 3.60. The molecule has 0 saturated heterocycles. The van der Waals surface area contributed by atoms with Crippen molar-refractivity contribution in [3.8, 4) is 0 Å². The van der Waals surface area contributed by atoms with Crippen LogP contribution in [0, 0.1) is 5.92 Å². The lowest BCUT2D eigenvalue weighted by Gasteiger charge is -2.32. The van der Waals surface area contributed by atoms with Gasteiger partial charge in [0.1, 0.15) is 6.04 Å². The number of anilines is 1. The number of nitrogens with zero attached hydrogens (tertiary/aromatic N) is 1. The minimum absolute atomic E-state index is 0.0233. The lowest BCUT2D eigenvalue weighted by Crippen LogP contribution is -2.42. The number of aliphatic hydroxyl groups excluding tert-OH is 1. The minimum atomic E-state index is -0.871. The van der Waals surface area contributed by atoms with Crippen LogP contribution in [0.3, 0.4) is 0 Å². The second-order valence-electron chi connectivity index (χ2n) is 9.87. The van der Waals surface area contributed by atoms with E-state index < -0.39 is 11.9 Å². The van der Waals surface area contributed by atoms with Crippen molar-refractivity contribution in [3.05, 3.63) is 102 Å². The van der Waals surface area contributed by atoms with E-state index in [2.05, 4.69) is 10.6 Å². The highest BCUT2D eigenvalue weighted by Gasteiger charge is 2.34. The van der Waals surface area contributed by atoms with Crippen molar-refractivity contribution in [1.82, 2.24) is 10.6 Å². The summed E-state index contributed by atoms with van der Waals surface area (Å²) in [5, 5.41) is 14.8. The molecule has 0 aliphatic heterocycles. The Morgan fingerprint density at radius 1 is 0.897 bits per heavy atom. The molecule has 3 aromatic rings. The maximum atomic E-state index is 13.4. The number of nitrogens with two attached hydrogens (primary N) is 1. The molecule has 8 heteroatoms. The zero-order valence-electron chi connectivity index (χ0n) is 22.0. The number of carbonyl (C=O) groups is 3. The number of hydrogen-bond acceptors (Lipinski definition) is 4. The van der Waals surface area contributed by atoms with Crippen molar-refractivity contribution in [2.75, 3.05) is 18.1 Å². The first-order chi connectivity index (χ1) is 19.0. The Bertz CT molecular complexity index is 1230. The molecule has 0 aromatic heterocycles. The lowest BCUT2D eigenvalue weighted by molar-refractivity contribution is -0.131. The van der Waals surface area contributed by atoms with Gasteiger partial charge in [-0.1, -0.05) is 85.6 Å². The Morgan fingerprint density at radius 2 is 1.54 bits per heavy atom. The number of nitrogens with one attached hydrogen (secondary N) is 2. The number of carbonyl (C=O) groups excluding carboxylic acids is 3. The van der Waals surface area contributed by atoms with Crippen molar-refractivity contribution in [1.29, 1.82) is 0 Å². The number of rotatable bonds is 10. The van der Waals surface area contributed by atoms with Gasteiger partial charge in [-0.05, 0) is 47.6 Å². The molecule has 0 spiro atoms. The third kappa shape index (κ3) is 7.23. The van der Waals surface area contributed by atoms with Crippen molar-refractivity contribution < 1.29 is 19.5 Å². The molecular formula is C31H36N4O4. The fourth-order valence-electron chi connectivity index (χ4n) is 5.26. The van der Waals surface area contributed by atoms with Crippen molar-refractivity contribution in [2.24, 2.45) is 11.7 Å². The number of urea groups is 1. The smallest absolute Gasteiger partial charge is 0.322 e. The van der Waals surface area contributed by atoms with Crippen LogP contribution in [0.25, 0.3) is 0 Å². The summed E-state index contributed by atoms with van der Waals surface area (Å²) in [4.78, 5) is 40.0. The molecule has 1 fully saturated rings. The summed E-state index contributed by atoms with van der Waals surface area (Å²) >= 11 is 0. The van der Waals surface area contributed by atoms with Gasteiger partial charge in [0, 0.05) is 18.2 Å². The van der Waals surface area contributed by atoms with Crippen LogP contribution in [0.15, 0.2) is 84.9 Å². The van der Waals surface area contributed by atoms with Gasteiger partial charge in [0.2, 0.25) is 11.8 Å². The Balaban J connectivity index is 1.49. The molecule has 8 nitrogen and oxygen atoms in total. The third-order valence-corrected chi connectivity index (χ3v) is 7.26. The average Bonchev–Trinajstić information content (AvgIpc) is 2.98. The monoisotopic (exact) mass is 528 g/mol. The third-order valence-electron chi connectivity index (χ3n) is 7.26. The van der Waals surface area contributed by atoms with Crippen molar-refractivity contribution >= 4 is 23.5 Å². The maximum Gasteiger partial charge on any atom is 0.322 e. The predicted molar refractivity (Wildman–Crippen MR) is 151 cm³/mol. The first-order valence-corrected chi connectivity index (χ1v) is 13.4. The zero-order chi connectivity index (χ0) is 27.6. The fourth-order valence-corrected chi connectivity index (χ4v) is 5.26. The molecule has 1 aliphatic rings. The molecule has 3 atom stereocenters. The topological polar surface area (TPSA) is 125 Å². The molecule has 4 rings (SSSR count). The van der Waals surface area contributed by atoms with Gasteiger partial charge >= 0.3 is 6.03 Å². The summed E-state index contributed by atoms with van der Waals surface area (Å²) in [6, 6.07) is 25.3. The average molecular weight is 529 g/mol. The van der Waals surface area contributed by atoms with Gasteiger partial charge in [-0.15, -0.1) is 0 Å². The van der Waals surface area contributed by atoms with Gasteiger partial charge in [0.05, 0.1) is 13.2 Å². The first kappa shape index (κ1) is 27.9. The number of para-hydroxylation sites is 1. The van der Waals surface area contributed by atoms with Crippen molar-refractivity contribution in [3.63, 3.8) is 0 Å². The van der Waals surface area contributed by atoms with E-state index in [1.807, 2.05) is 72.8 Å². The van der Waals surface area contributed by atoms with Gasteiger partial charge in [-0.3, -0.25) is 14.5 Å². The number of benzene rings is 3. The molecule has 4 amide bonds. The zero-order valence-corrected chi connectivity index (χ0v) is 22.0. The van der Waals surface area contributed by atoms with E-state index in [1.165, 1.54) is 0 Å². The van der Waals surface area contributed by atoms with Gasteiger partial charge in [-0.25, -0.2) is 4.79 Å². The molecule has 1 aliphatic carbocycles. The highest BCUT2D eigenvalue weighted by Crippen LogP contribution is 2.38.